The lowest BCUT2D eigenvalue weighted by atomic mass is 9.91. The van der Waals surface area contributed by atoms with E-state index in [-0.39, 0.29) is 5.02 Å². The highest BCUT2D eigenvalue weighted by atomic mass is 35.5. The Hall–Kier alpha value is -0.640. The van der Waals surface area contributed by atoms with E-state index in [4.69, 9.17) is 16.3 Å². The van der Waals surface area contributed by atoms with Crippen LogP contribution >= 0.6 is 11.6 Å². The molecule has 0 saturated heterocycles. The lowest BCUT2D eigenvalue weighted by Gasteiger charge is -2.32. The zero-order valence-corrected chi connectivity index (χ0v) is 11.1. The highest BCUT2D eigenvalue weighted by Gasteiger charge is 2.31. The van der Waals surface area contributed by atoms with Crippen molar-refractivity contribution in [3.63, 3.8) is 0 Å². The lowest BCUT2D eigenvalue weighted by Crippen LogP contribution is -2.42. The number of rotatable bonds is 5. The number of hydrogen-bond donors (Lipinski definition) is 1. The molecule has 0 aliphatic rings. The number of aliphatic hydroxyl groups excluding tert-OH is 1. The molecule has 0 aliphatic carbocycles. The van der Waals surface area contributed by atoms with E-state index < -0.39 is 17.5 Å². The molecule has 0 heterocycles. The number of halogens is 2. The van der Waals surface area contributed by atoms with Crippen molar-refractivity contribution in [3.8, 4) is 0 Å². The molecule has 0 saturated carbocycles. The van der Waals surface area contributed by atoms with Crippen molar-refractivity contribution in [2.45, 2.75) is 38.4 Å². The maximum atomic E-state index is 13.2. The average Bonchev–Trinajstić information content (AvgIpc) is 2.32. The second kappa shape index (κ2) is 5.80. The highest BCUT2D eigenvalue weighted by molar-refractivity contribution is 6.30. The zero-order chi connectivity index (χ0) is 13.1. The van der Waals surface area contributed by atoms with Crippen LogP contribution in [0.2, 0.25) is 5.02 Å². The Morgan fingerprint density at radius 2 is 2.18 bits per heavy atom. The summed E-state index contributed by atoms with van der Waals surface area (Å²) in [5.41, 5.74) is 0.0898. The summed E-state index contributed by atoms with van der Waals surface area (Å²) in [5.74, 6) is -0.466. The first-order valence-electron chi connectivity index (χ1n) is 5.60. The van der Waals surface area contributed by atoms with Gasteiger partial charge in [0.15, 0.2) is 0 Å². The van der Waals surface area contributed by atoms with Gasteiger partial charge in [-0.25, -0.2) is 4.39 Å². The molecule has 2 nitrogen and oxygen atoms in total. The smallest absolute Gasteiger partial charge is 0.142 e. The van der Waals surface area contributed by atoms with E-state index in [2.05, 4.69) is 0 Å². The molecule has 0 radical (unpaired) electrons. The van der Waals surface area contributed by atoms with Crippen molar-refractivity contribution in [1.82, 2.24) is 0 Å². The van der Waals surface area contributed by atoms with E-state index in [0.29, 0.717) is 18.4 Å². The van der Waals surface area contributed by atoms with Gasteiger partial charge in [0.1, 0.15) is 5.82 Å². The quantitative estimate of drug-likeness (QED) is 0.881. The van der Waals surface area contributed by atoms with E-state index in [9.17, 15) is 9.50 Å². The van der Waals surface area contributed by atoms with Gasteiger partial charge in [-0.2, -0.15) is 0 Å². The minimum Gasteiger partial charge on any atom is -0.390 e. The third kappa shape index (κ3) is 3.41. The summed E-state index contributed by atoms with van der Waals surface area (Å²) in [4.78, 5) is 0. The van der Waals surface area contributed by atoms with E-state index in [1.54, 1.807) is 13.2 Å². The molecular formula is C13H18ClFO2. The number of hydrogen-bond acceptors (Lipinski definition) is 2. The van der Waals surface area contributed by atoms with Crippen molar-refractivity contribution in [1.29, 1.82) is 0 Å². The van der Waals surface area contributed by atoms with Crippen LogP contribution in [-0.2, 0) is 11.2 Å². The summed E-state index contributed by atoms with van der Waals surface area (Å²) >= 11 is 5.60. The van der Waals surface area contributed by atoms with Gasteiger partial charge in [-0.1, -0.05) is 24.6 Å². The van der Waals surface area contributed by atoms with Gasteiger partial charge in [0.25, 0.3) is 0 Å². The van der Waals surface area contributed by atoms with Crippen LogP contribution < -0.4 is 0 Å². The summed E-state index contributed by atoms with van der Waals surface area (Å²) in [6.07, 6.45) is 0.339. The van der Waals surface area contributed by atoms with Crippen LogP contribution in [0.15, 0.2) is 18.2 Å². The summed E-state index contributed by atoms with van der Waals surface area (Å²) in [6, 6.07) is 4.55. The molecular weight excluding hydrogens is 243 g/mol. The van der Waals surface area contributed by atoms with Crippen LogP contribution in [0.3, 0.4) is 0 Å². The first-order valence-corrected chi connectivity index (χ1v) is 5.98. The number of ether oxygens (including phenoxy) is 1. The largest absolute Gasteiger partial charge is 0.390 e. The standard InChI is InChI=1S/C13H18ClFO2/c1-4-13(2,17-3)12(16)8-9-5-6-10(14)11(15)7-9/h5-7,12,16H,4,8H2,1-3H3. The van der Waals surface area contributed by atoms with Gasteiger partial charge in [-0.05, 0) is 31.0 Å². The molecule has 2 atom stereocenters. The lowest BCUT2D eigenvalue weighted by molar-refractivity contribution is -0.0914. The molecule has 0 spiro atoms. The van der Waals surface area contributed by atoms with Crippen LogP contribution in [0.25, 0.3) is 0 Å². The molecule has 2 unspecified atom stereocenters. The Bertz CT molecular complexity index is 378. The molecule has 1 aromatic rings. The van der Waals surface area contributed by atoms with Crippen molar-refractivity contribution in [2.75, 3.05) is 7.11 Å². The van der Waals surface area contributed by atoms with E-state index in [1.165, 1.54) is 12.1 Å². The fourth-order valence-corrected chi connectivity index (χ4v) is 1.74. The number of methoxy groups -OCH3 is 1. The average molecular weight is 261 g/mol. The van der Waals surface area contributed by atoms with Crippen LogP contribution in [0.5, 0.6) is 0 Å². The zero-order valence-electron chi connectivity index (χ0n) is 10.3. The maximum Gasteiger partial charge on any atom is 0.142 e. The first kappa shape index (κ1) is 14.4. The Morgan fingerprint density at radius 3 is 2.65 bits per heavy atom. The van der Waals surface area contributed by atoms with Crippen molar-refractivity contribution in [2.24, 2.45) is 0 Å². The van der Waals surface area contributed by atoms with Gasteiger partial charge < -0.3 is 9.84 Å². The van der Waals surface area contributed by atoms with Gasteiger partial charge in [-0.3, -0.25) is 0 Å². The number of aliphatic hydroxyl groups is 1. The van der Waals surface area contributed by atoms with Gasteiger partial charge in [-0.15, -0.1) is 0 Å². The fraction of sp³-hybridized carbons (Fsp3) is 0.538. The molecule has 0 amide bonds. The normalized spacial score (nSPS) is 16.6. The third-order valence-electron chi connectivity index (χ3n) is 3.29. The van der Waals surface area contributed by atoms with Crippen LogP contribution in [0, 0.1) is 5.82 Å². The maximum absolute atomic E-state index is 13.2. The van der Waals surface area contributed by atoms with Crippen LogP contribution in [-0.4, -0.2) is 23.9 Å². The summed E-state index contributed by atoms with van der Waals surface area (Å²) in [6.45, 7) is 3.78. The second-order valence-corrected chi connectivity index (χ2v) is 4.75. The molecule has 1 rings (SSSR count). The minimum absolute atomic E-state index is 0.0910. The Kier molecular flexibility index (Phi) is 4.92. The van der Waals surface area contributed by atoms with Gasteiger partial charge in [0.05, 0.1) is 16.7 Å². The molecule has 1 N–H and O–H groups in total. The summed E-state index contributed by atoms with van der Waals surface area (Å²) in [7, 11) is 1.56. The fourth-order valence-electron chi connectivity index (χ4n) is 1.62. The van der Waals surface area contributed by atoms with Crippen LogP contribution in [0.1, 0.15) is 25.8 Å². The Morgan fingerprint density at radius 1 is 1.53 bits per heavy atom. The van der Waals surface area contributed by atoms with Crippen LogP contribution in [0.4, 0.5) is 4.39 Å². The minimum atomic E-state index is -0.682. The molecule has 0 aliphatic heterocycles. The molecule has 17 heavy (non-hydrogen) atoms. The summed E-state index contributed by atoms with van der Waals surface area (Å²) in [5, 5.41) is 10.2. The summed E-state index contributed by atoms with van der Waals surface area (Å²) < 4.78 is 18.6. The van der Waals surface area contributed by atoms with E-state index in [1.807, 2.05) is 13.8 Å². The first-order chi connectivity index (χ1) is 7.92. The second-order valence-electron chi connectivity index (χ2n) is 4.34. The molecule has 4 heteroatoms. The molecule has 0 bridgehead atoms. The van der Waals surface area contributed by atoms with Gasteiger partial charge in [0, 0.05) is 13.5 Å². The third-order valence-corrected chi connectivity index (χ3v) is 3.59. The van der Waals surface area contributed by atoms with E-state index in [0.717, 1.165) is 0 Å². The Balaban J connectivity index is 2.80. The van der Waals surface area contributed by atoms with E-state index >= 15 is 0 Å². The molecule has 0 aromatic heterocycles. The number of benzene rings is 1. The predicted molar refractivity (Wildman–Crippen MR) is 66.8 cm³/mol. The monoisotopic (exact) mass is 260 g/mol. The van der Waals surface area contributed by atoms with Crippen molar-refractivity contribution >= 4 is 11.6 Å². The predicted octanol–water partition coefficient (Wildman–Crippen LogP) is 3.20. The SMILES string of the molecule is CCC(C)(OC)C(O)Cc1ccc(Cl)c(F)c1. The molecule has 96 valence electrons. The highest BCUT2D eigenvalue weighted by Crippen LogP contribution is 2.23. The molecule has 0 fully saturated rings. The topological polar surface area (TPSA) is 29.5 Å². The van der Waals surface area contributed by atoms with Crippen molar-refractivity contribution < 1.29 is 14.2 Å². The molecule has 1 aromatic carbocycles. The Labute approximate surface area is 106 Å². The van der Waals surface area contributed by atoms with Gasteiger partial charge >= 0.3 is 0 Å². The van der Waals surface area contributed by atoms with Crippen molar-refractivity contribution in [3.05, 3.63) is 34.6 Å². The van der Waals surface area contributed by atoms with Gasteiger partial charge in [0.2, 0.25) is 0 Å².